The molecule has 3 rings (SSSR count). The first-order valence-corrected chi connectivity index (χ1v) is 6.86. The summed E-state index contributed by atoms with van der Waals surface area (Å²) in [6.07, 6.45) is 5.03. The number of nitrogens with zero attached hydrogens (tertiary/aromatic N) is 2. The fourth-order valence-corrected chi connectivity index (χ4v) is 2.37. The van der Waals surface area contributed by atoms with Crippen LogP contribution in [-0.4, -0.2) is 10.9 Å². The van der Waals surface area contributed by atoms with Crippen molar-refractivity contribution in [2.45, 2.75) is 25.3 Å². The van der Waals surface area contributed by atoms with Crippen molar-refractivity contribution in [3.8, 4) is 0 Å². The maximum atomic E-state index is 12.4. The van der Waals surface area contributed by atoms with E-state index >= 15 is 0 Å². The van der Waals surface area contributed by atoms with Gasteiger partial charge < -0.3 is 10.2 Å². The Balaban J connectivity index is 1.90. The van der Waals surface area contributed by atoms with Gasteiger partial charge >= 0.3 is 0 Å². The lowest BCUT2D eigenvalue weighted by molar-refractivity contribution is 0.102. The first-order valence-electron chi connectivity index (χ1n) is 6.86. The van der Waals surface area contributed by atoms with E-state index in [0.29, 0.717) is 11.3 Å². The molecule has 104 valence electrons. The van der Waals surface area contributed by atoms with E-state index in [2.05, 4.69) is 15.1 Å². The van der Waals surface area contributed by atoms with E-state index in [9.17, 15) is 4.79 Å². The van der Waals surface area contributed by atoms with Crippen LogP contribution in [0.15, 0.2) is 42.7 Å². The Morgan fingerprint density at radius 1 is 1.38 bits per heavy atom. The third-order valence-corrected chi connectivity index (χ3v) is 3.88. The summed E-state index contributed by atoms with van der Waals surface area (Å²) in [7, 11) is 0. The Hall–Kier alpha value is -2.67. The molecule has 0 saturated heterocycles. The zero-order chi connectivity index (χ0) is 14.9. The zero-order valence-corrected chi connectivity index (χ0v) is 11.8. The van der Waals surface area contributed by atoms with Crippen molar-refractivity contribution in [3.05, 3.63) is 70.8 Å². The summed E-state index contributed by atoms with van der Waals surface area (Å²) in [6, 6.07) is 9.30. The number of carbonyl (C=O) groups excluding carboxylic acids is 1. The first-order chi connectivity index (χ1) is 10.1. The molecule has 0 spiro atoms. The summed E-state index contributed by atoms with van der Waals surface area (Å²) in [5.74, 6) is -0.164. The number of benzene rings is 1. The Labute approximate surface area is 123 Å². The fourth-order valence-electron chi connectivity index (χ4n) is 2.37. The summed E-state index contributed by atoms with van der Waals surface area (Å²) in [4.78, 5) is 20.1. The van der Waals surface area contributed by atoms with Gasteiger partial charge in [-0.05, 0) is 30.7 Å². The summed E-state index contributed by atoms with van der Waals surface area (Å²) >= 11 is 0. The topological polar surface area (TPSA) is 46.4 Å². The Morgan fingerprint density at radius 2 is 2.19 bits per heavy atom. The van der Waals surface area contributed by atoms with Crippen LogP contribution < -0.4 is 5.32 Å². The molecule has 1 aromatic carbocycles. The molecule has 2 aromatic rings. The molecule has 1 aliphatic rings. The fraction of sp³-hybridized carbons (Fsp3) is 0.235. The van der Waals surface area contributed by atoms with Gasteiger partial charge in [-0.1, -0.05) is 12.1 Å². The van der Waals surface area contributed by atoms with Crippen LogP contribution in [0.5, 0.6) is 0 Å². The zero-order valence-electron chi connectivity index (χ0n) is 11.8. The summed E-state index contributed by atoms with van der Waals surface area (Å²) < 4.78 is 0. The predicted molar refractivity (Wildman–Crippen MR) is 80.9 cm³/mol. The van der Waals surface area contributed by atoms with Crippen LogP contribution in [0.2, 0.25) is 0 Å². The van der Waals surface area contributed by atoms with E-state index in [1.807, 2.05) is 25.1 Å². The van der Waals surface area contributed by atoms with Gasteiger partial charge in [0.2, 0.25) is 0 Å². The lowest BCUT2D eigenvalue weighted by atomic mass is 9.98. The second-order valence-electron chi connectivity index (χ2n) is 5.37. The molecule has 21 heavy (non-hydrogen) atoms. The molecule has 0 bridgehead atoms. The average Bonchev–Trinajstić information content (AvgIpc) is 3.30. The number of aryl methyl sites for hydroxylation is 1. The minimum atomic E-state index is -0.392. The highest BCUT2D eigenvalue weighted by molar-refractivity contribution is 6.05. The van der Waals surface area contributed by atoms with Crippen LogP contribution in [0.4, 0.5) is 5.69 Å². The second kappa shape index (κ2) is 5.02. The molecule has 1 amide bonds. The molecule has 0 unspecified atom stereocenters. The van der Waals surface area contributed by atoms with Gasteiger partial charge in [0.1, 0.15) is 0 Å². The molecule has 1 heterocycles. The third kappa shape index (κ3) is 2.50. The molecule has 0 aliphatic heterocycles. The Kier molecular flexibility index (Phi) is 3.19. The normalized spacial score (nSPS) is 15.0. The summed E-state index contributed by atoms with van der Waals surface area (Å²) in [6.45, 7) is 9.23. The van der Waals surface area contributed by atoms with Crippen LogP contribution in [0, 0.1) is 13.5 Å². The van der Waals surface area contributed by atoms with Gasteiger partial charge in [0.25, 0.3) is 11.4 Å². The Morgan fingerprint density at radius 3 is 2.81 bits per heavy atom. The monoisotopic (exact) mass is 277 g/mol. The van der Waals surface area contributed by atoms with E-state index in [-0.39, 0.29) is 5.91 Å². The largest absolute Gasteiger partial charge is 0.321 e. The van der Waals surface area contributed by atoms with E-state index in [1.165, 1.54) is 0 Å². The smallest absolute Gasteiger partial charge is 0.258 e. The van der Waals surface area contributed by atoms with Crippen molar-refractivity contribution in [2.75, 3.05) is 5.32 Å². The van der Waals surface area contributed by atoms with Gasteiger partial charge in [-0.25, -0.2) is 6.57 Å². The van der Waals surface area contributed by atoms with Crippen LogP contribution in [0.25, 0.3) is 4.85 Å². The minimum Gasteiger partial charge on any atom is -0.321 e. The van der Waals surface area contributed by atoms with Crippen molar-refractivity contribution in [1.82, 2.24) is 4.98 Å². The Bertz CT molecular complexity index is 727. The number of rotatable bonds is 3. The number of aromatic nitrogens is 1. The molecule has 1 N–H and O–H groups in total. The first kappa shape index (κ1) is 13.3. The van der Waals surface area contributed by atoms with Crippen molar-refractivity contribution in [3.63, 3.8) is 0 Å². The highest BCUT2D eigenvalue weighted by atomic mass is 16.1. The molecule has 4 nitrogen and oxygen atoms in total. The number of amides is 1. The van der Waals surface area contributed by atoms with Gasteiger partial charge in [-0.2, -0.15) is 0 Å². The molecule has 4 heteroatoms. The van der Waals surface area contributed by atoms with Gasteiger partial charge in [0.15, 0.2) is 0 Å². The molecular weight excluding hydrogens is 262 g/mol. The quantitative estimate of drug-likeness (QED) is 0.872. The van der Waals surface area contributed by atoms with Gasteiger partial charge in [-0.3, -0.25) is 9.78 Å². The molecule has 1 saturated carbocycles. The van der Waals surface area contributed by atoms with E-state index < -0.39 is 5.54 Å². The third-order valence-electron chi connectivity index (χ3n) is 3.88. The second-order valence-corrected chi connectivity index (χ2v) is 5.37. The molecule has 0 atom stereocenters. The van der Waals surface area contributed by atoms with Gasteiger partial charge in [-0.15, -0.1) is 0 Å². The lowest BCUT2D eigenvalue weighted by Crippen LogP contribution is -2.15. The number of hydrogen-bond donors (Lipinski definition) is 1. The van der Waals surface area contributed by atoms with Crippen molar-refractivity contribution in [1.29, 1.82) is 0 Å². The molecule has 1 fully saturated rings. The average molecular weight is 277 g/mol. The molecular formula is C17H15N3O. The molecule has 0 radical (unpaired) electrons. The highest BCUT2D eigenvalue weighted by Gasteiger charge is 2.52. The summed E-state index contributed by atoms with van der Waals surface area (Å²) in [5.41, 5.74) is 2.74. The number of nitrogens with one attached hydrogen (secondary N) is 1. The SMILES string of the molecule is [C-]#[N+]C1(c2ccc(C)c(C(=O)Nc3cccnc3)c2)CC1. The number of anilines is 1. The van der Waals surface area contributed by atoms with Gasteiger partial charge in [0.05, 0.1) is 11.9 Å². The standard InChI is InChI=1S/C17H15N3O/c1-12-5-6-13(17(18-2)7-8-17)10-15(12)16(21)20-14-4-3-9-19-11-14/h3-6,9-11H,7-8H2,1H3,(H,20,21). The van der Waals surface area contributed by atoms with Crippen LogP contribution >= 0.6 is 0 Å². The van der Waals surface area contributed by atoms with Crippen molar-refractivity contribution < 1.29 is 4.79 Å². The minimum absolute atomic E-state index is 0.164. The van der Waals surface area contributed by atoms with Crippen molar-refractivity contribution >= 4 is 11.6 Å². The van der Waals surface area contributed by atoms with E-state index in [4.69, 9.17) is 6.57 Å². The van der Waals surface area contributed by atoms with Gasteiger partial charge in [0, 0.05) is 30.2 Å². The van der Waals surface area contributed by atoms with E-state index in [0.717, 1.165) is 24.0 Å². The highest BCUT2D eigenvalue weighted by Crippen LogP contribution is 2.49. The maximum Gasteiger partial charge on any atom is 0.258 e. The summed E-state index contributed by atoms with van der Waals surface area (Å²) in [5, 5.41) is 2.84. The number of hydrogen-bond acceptors (Lipinski definition) is 2. The number of carbonyl (C=O) groups is 1. The lowest BCUT2D eigenvalue weighted by Gasteiger charge is -2.10. The van der Waals surface area contributed by atoms with Crippen LogP contribution in [0.1, 0.15) is 34.3 Å². The number of pyridine rings is 1. The van der Waals surface area contributed by atoms with Crippen LogP contribution in [0.3, 0.4) is 0 Å². The van der Waals surface area contributed by atoms with Crippen molar-refractivity contribution in [2.24, 2.45) is 0 Å². The predicted octanol–water partition coefficient (Wildman–Crippen LogP) is 3.55. The van der Waals surface area contributed by atoms with Crippen LogP contribution in [-0.2, 0) is 5.54 Å². The van der Waals surface area contributed by atoms with E-state index in [1.54, 1.807) is 24.5 Å². The molecule has 1 aliphatic carbocycles. The maximum absolute atomic E-state index is 12.4. The molecule has 1 aromatic heterocycles.